The molecule has 0 saturated heterocycles. The van der Waals surface area contributed by atoms with E-state index in [4.69, 9.17) is 0 Å². The molecule has 2 heterocycles. The van der Waals surface area contributed by atoms with E-state index in [1.807, 2.05) is 18.2 Å². The molecule has 0 amide bonds. The molecule has 0 fully saturated rings. The highest BCUT2D eigenvalue weighted by Crippen LogP contribution is 2.27. The van der Waals surface area contributed by atoms with Crippen molar-refractivity contribution in [2.75, 3.05) is 0 Å². The highest BCUT2D eigenvalue weighted by atomic mass is 19.1. The number of nitrogens with one attached hydrogen (secondary N) is 1. The maximum absolute atomic E-state index is 12.9. The van der Waals surface area contributed by atoms with E-state index >= 15 is 0 Å². The zero-order valence-electron chi connectivity index (χ0n) is 9.47. The number of H-pyrrole nitrogens is 1. The summed E-state index contributed by atoms with van der Waals surface area (Å²) in [5.41, 5.74) is 3.28. The van der Waals surface area contributed by atoms with E-state index in [2.05, 4.69) is 15.0 Å². The van der Waals surface area contributed by atoms with Gasteiger partial charge in [-0.3, -0.25) is 4.98 Å². The van der Waals surface area contributed by atoms with Crippen LogP contribution < -0.4 is 0 Å². The lowest BCUT2D eigenvalue weighted by atomic mass is 10.1. The van der Waals surface area contributed by atoms with Crippen LogP contribution in [0.4, 0.5) is 4.39 Å². The van der Waals surface area contributed by atoms with Crippen LogP contribution in [0.1, 0.15) is 0 Å². The second kappa shape index (κ2) is 4.41. The monoisotopic (exact) mass is 239 g/mol. The van der Waals surface area contributed by atoms with Gasteiger partial charge >= 0.3 is 0 Å². The number of halogens is 1. The fraction of sp³-hybridized carbons (Fsp3) is 0. The van der Waals surface area contributed by atoms with Crippen molar-refractivity contribution in [1.82, 2.24) is 15.0 Å². The summed E-state index contributed by atoms with van der Waals surface area (Å²) in [6.45, 7) is 0. The SMILES string of the molecule is Fc1ccc(-c2nc[nH]c2-c2ccccn2)cc1. The fourth-order valence-corrected chi connectivity index (χ4v) is 1.83. The molecule has 3 nitrogen and oxygen atoms in total. The van der Waals surface area contributed by atoms with Crippen molar-refractivity contribution in [2.24, 2.45) is 0 Å². The van der Waals surface area contributed by atoms with Crippen molar-refractivity contribution >= 4 is 0 Å². The number of hydrogen-bond acceptors (Lipinski definition) is 2. The third-order valence-corrected chi connectivity index (χ3v) is 2.68. The Balaban J connectivity index is 2.10. The van der Waals surface area contributed by atoms with Gasteiger partial charge in [-0.15, -0.1) is 0 Å². The summed E-state index contributed by atoms with van der Waals surface area (Å²) in [5, 5.41) is 0. The van der Waals surface area contributed by atoms with Gasteiger partial charge in [0, 0.05) is 11.8 Å². The van der Waals surface area contributed by atoms with Gasteiger partial charge in [-0.1, -0.05) is 6.07 Å². The Bertz CT molecular complexity index is 644. The van der Waals surface area contributed by atoms with E-state index in [0.29, 0.717) is 0 Å². The number of pyridine rings is 1. The lowest BCUT2D eigenvalue weighted by Crippen LogP contribution is -1.86. The van der Waals surface area contributed by atoms with Crippen LogP contribution in [-0.4, -0.2) is 15.0 Å². The molecule has 4 heteroatoms. The quantitative estimate of drug-likeness (QED) is 0.745. The maximum atomic E-state index is 12.9. The molecule has 0 aliphatic carbocycles. The minimum atomic E-state index is -0.256. The van der Waals surface area contributed by atoms with Crippen molar-refractivity contribution in [3.05, 3.63) is 60.8 Å². The Morgan fingerprint density at radius 1 is 0.944 bits per heavy atom. The summed E-state index contributed by atoms with van der Waals surface area (Å²) in [6, 6.07) is 11.9. The number of aromatic amines is 1. The fourth-order valence-electron chi connectivity index (χ4n) is 1.83. The van der Waals surface area contributed by atoms with Gasteiger partial charge in [-0.2, -0.15) is 0 Å². The first-order chi connectivity index (χ1) is 8.84. The number of aromatic nitrogens is 3. The summed E-state index contributed by atoms with van der Waals surface area (Å²) < 4.78 is 12.9. The van der Waals surface area contributed by atoms with E-state index in [0.717, 1.165) is 22.6 Å². The van der Waals surface area contributed by atoms with Crippen molar-refractivity contribution < 1.29 is 4.39 Å². The second-order valence-corrected chi connectivity index (χ2v) is 3.85. The number of imidazole rings is 1. The Morgan fingerprint density at radius 2 is 1.78 bits per heavy atom. The lowest BCUT2D eigenvalue weighted by Gasteiger charge is -2.02. The van der Waals surface area contributed by atoms with Crippen LogP contribution in [0, 0.1) is 5.82 Å². The van der Waals surface area contributed by atoms with Crippen LogP contribution in [0.2, 0.25) is 0 Å². The molecule has 18 heavy (non-hydrogen) atoms. The Morgan fingerprint density at radius 3 is 2.50 bits per heavy atom. The molecular formula is C14H10FN3. The first-order valence-electron chi connectivity index (χ1n) is 5.55. The Kier molecular flexibility index (Phi) is 2.61. The smallest absolute Gasteiger partial charge is 0.123 e. The predicted octanol–water partition coefficient (Wildman–Crippen LogP) is 3.28. The van der Waals surface area contributed by atoms with Gasteiger partial charge in [0.25, 0.3) is 0 Å². The first-order valence-corrected chi connectivity index (χ1v) is 5.55. The van der Waals surface area contributed by atoms with Gasteiger partial charge in [0.2, 0.25) is 0 Å². The van der Waals surface area contributed by atoms with Crippen LogP contribution in [0.15, 0.2) is 55.0 Å². The van der Waals surface area contributed by atoms with Crippen LogP contribution in [0.3, 0.4) is 0 Å². The predicted molar refractivity (Wildman–Crippen MR) is 67.2 cm³/mol. The molecule has 0 spiro atoms. The Labute approximate surface area is 103 Å². The van der Waals surface area contributed by atoms with Gasteiger partial charge < -0.3 is 4.98 Å². The molecule has 0 aliphatic heterocycles. The van der Waals surface area contributed by atoms with Crippen LogP contribution in [-0.2, 0) is 0 Å². The summed E-state index contributed by atoms with van der Waals surface area (Å²) >= 11 is 0. The zero-order valence-corrected chi connectivity index (χ0v) is 9.47. The Hall–Kier alpha value is -2.49. The molecule has 3 aromatic rings. The van der Waals surface area contributed by atoms with Crippen molar-refractivity contribution in [2.45, 2.75) is 0 Å². The average molecular weight is 239 g/mol. The van der Waals surface area contributed by atoms with E-state index in [1.54, 1.807) is 24.7 Å². The van der Waals surface area contributed by atoms with Gasteiger partial charge in [-0.05, 0) is 36.4 Å². The molecule has 88 valence electrons. The third-order valence-electron chi connectivity index (χ3n) is 2.68. The number of hydrogen-bond donors (Lipinski definition) is 1. The van der Waals surface area contributed by atoms with Crippen molar-refractivity contribution in [3.8, 4) is 22.6 Å². The van der Waals surface area contributed by atoms with Crippen LogP contribution >= 0.6 is 0 Å². The summed E-state index contributed by atoms with van der Waals surface area (Å²) in [6.07, 6.45) is 3.34. The second-order valence-electron chi connectivity index (χ2n) is 3.85. The minimum Gasteiger partial charge on any atom is -0.343 e. The molecule has 0 atom stereocenters. The van der Waals surface area contributed by atoms with Crippen molar-refractivity contribution in [3.63, 3.8) is 0 Å². The third kappa shape index (κ3) is 1.88. The summed E-state index contributed by atoms with van der Waals surface area (Å²) in [5.74, 6) is -0.256. The van der Waals surface area contributed by atoms with E-state index in [9.17, 15) is 4.39 Å². The van der Waals surface area contributed by atoms with E-state index < -0.39 is 0 Å². The largest absolute Gasteiger partial charge is 0.343 e. The van der Waals surface area contributed by atoms with Crippen molar-refractivity contribution in [1.29, 1.82) is 0 Å². The van der Waals surface area contributed by atoms with Gasteiger partial charge in [0.15, 0.2) is 0 Å². The standard InChI is InChI=1S/C14H10FN3/c15-11-6-4-10(5-7-11)13-14(18-9-17-13)12-3-1-2-8-16-12/h1-9H,(H,17,18). The maximum Gasteiger partial charge on any atom is 0.123 e. The average Bonchev–Trinajstić information content (AvgIpc) is 2.90. The zero-order chi connectivity index (χ0) is 12.4. The molecule has 0 aliphatic rings. The highest BCUT2D eigenvalue weighted by molar-refractivity contribution is 5.75. The van der Waals surface area contributed by atoms with Crippen LogP contribution in [0.25, 0.3) is 22.6 Å². The topological polar surface area (TPSA) is 41.6 Å². The lowest BCUT2D eigenvalue weighted by molar-refractivity contribution is 0.628. The summed E-state index contributed by atoms with van der Waals surface area (Å²) in [7, 11) is 0. The van der Waals surface area contributed by atoms with E-state index in [-0.39, 0.29) is 5.82 Å². The number of rotatable bonds is 2. The number of nitrogens with zero attached hydrogens (tertiary/aromatic N) is 2. The minimum absolute atomic E-state index is 0.256. The van der Waals surface area contributed by atoms with E-state index in [1.165, 1.54) is 12.1 Å². The molecule has 3 rings (SSSR count). The summed E-state index contributed by atoms with van der Waals surface area (Å²) in [4.78, 5) is 11.6. The first kappa shape index (κ1) is 10.7. The molecule has 0 radical (unpaired) electrons. The van der Waals surface area contributed by atoms with Gasteiger partial charge in [-0.25, -0.2) is 9.37 Å². The van der Waals surface area contributed by atoms with Gasteiger partial charge in [0.1, 0.15) is 5.82 Å². The number of benzene rings is 1. The molecule has 1 N–H and O–H groups in total. The normalized spacial score (nSPS) is 10.5. The molecule has 1 aromatic carbocycles. The molecule has 0 saturated carbocycles. The molecular weight excluding hydrogens is 229 g/mol. The molecule has 0 unspecified atom stereocenters. The van der Waals surface area contributed by atoms with Gasteiger partial charge in [0.05, 0.1) is 23.4 Å². The van der Waals surface area contributed by atoms with Crippen LogP contribution in [0.5, 0.6) is 0 Å². The molecule has 2 aromatic heterocycles. The molecule has 0 bridgehead atoms. The highest BCUT2D eigenvalue weighted by Gasteiger charge is 2.10.